The summed E-state index contributed by atoms with van der Waals surface area (Å²) in [7, 11) is 0. The first-order valence-corrected chi connectivity index (χ1v) is 3.93. The fraction of sp³-hybridized carbons (Fsp3) is 0.500. The van der Waals surface area contributed by atoms with E-state index in [0.717, 1.165) is 25.1 Å². The molecule has 1 aliphatic rings. The number of rotatable bonds is 2. The third-order valence-electron chi connectivity index (χ3n) is 1.92. The van der Waals surface area contributed by atoms with Gasteiger partial charge in [0.25, 0.3) is 0 Å². The Hall–Kier alpha value is -1.16. The second kappa shape index (κ2) is 3.06. The van der Waals surface area contributed by atoms with Crippen LogP contribution in [0.3, 0.4) is 0 Å². The molecule has 1 aromatic rings. The Bertz CT molecular complexity index is 276. The van der Waals surface area contributed by atoms with Gasteiger partial charge in [0.1, 0.15) is 11.8 Å². The Balaban J connectivity index is 2.16. The number of hydrogen-bond acceptors (Lipinski definition) is 4. The van der Waals surface area contributed by atoms with Crippen LogP contribution in [0, 0.1) is 0 Å². The Morgan fingerprint density at radius 1 is 1.67 bits per heavy atom. The molecule has 1 aliphatic heterocycles. The van der Waals surface area contributed by atoms with Crippen LogP contribution in [0.4, 0.5) is 0 Å². The van der Waals surface area contributed by atoms with E-state index in [2.05, 4.69) is 5.16 Å². The first kappa shape index (κ1) is 7.49. The second-order valence-corrected chi connectivity index (χ2v) is 2.77. The lowest BCUT2D eigenvalue weighted by molar-refractivity contribution is 0.104. The van der Waals surface area contributed by atoms with Crippen molar-refractivity contribution in [2.24, 2.45) is 0 Å². The highest BCUT2D eigenvalue weighted by Gasteiger charge is 2.21. The smallest absolute Gasteiger partial charge is 0.199 e. The number of carbonyl (C=O) groups is 1. The number of nitrogens with zero attached hydrogens (tertiary/aromatic N) is 1. The molecule has 4 heteroatoms. The first-order valence-electron chi connectivity index (χ1n) is 3.93. The highest BCUT2D eigenvalue weighted by Crippen LogP contribution is 2.27. The SMILES string of the molecule is O=Cc1cc(C2CCCO2)no1. The van der Waals surface area contributed by atoms with Gasteiger partial charge in [-0.3, -0.25) is 4.79 Å². The van der Waals surface area contributed by atoms with Crippen molar-refractivity contribution in [1.29, 1.82) is 0 Å². The van der Waals surface area contributed by atoms with Crippen LogP contribution < -0.4 is 0 Å². The molecule has 1 unspecified atom stereocenters. The van der Waals surface area contributed by atoms with Gasteiger partial charge in [-0.15, -0.1) is 0 Å². The molecular weight excluding hydrogens is 158 g/mol. The van der Waals surface area contributed by atoms with Gasteiger partial charge in [0.15, 0.2) is 12.0 Å². The van der Waals surface area contributed by atoms with Gasteiger partial charge in [-0.25, -0.2) is 0 Å². The molecule has 1 saturated heterocycles. The van der Waals surface area contributed by atoms with Gasteiger partial charge in [-0.2, -0.15) is 0 Å². The molecule has 2 heterocycles. The van der Waals surface area contributed by atoms with Crippen LogP contribution in [0.1, 0.15) is 35.2 Å². The maximum atomic E-state index is 10.3. The number of hydrogen-bond donors (Lipinski definition) is 0. The summed E-state index contributed by atoms with van der Waals surface area (Å²) < 4.78 is 10.1. The van der Waals surface area contributed by atoms with Gasteiger partial charge >= 0.3 is 0 Å². The third kappa shape index (κ3) is 1.25. The lowest BCUT2D eigenvalue weighted by atomic mass is 10.2. The van der Waals surface area contributed by atoms with E-state index in [1.165, 1.54) is 0 Å². The molecule has 12 heavy (non-hydrogen) atoms. The molecule has 2 rings (SSSR count). The van der Waals surface area contributed by atoms with Crippen LogP contribution in [0.15, 0.2) is 10.6 Å². The third-order valence-corrected chi connectivity index (χ3v) is 1.92. The minimum Gasteiger partial charge on any atom is -0.372 e. The van der Waals surface area contributed by atoms with Crippen molar-refractivity contribution in [3.63, 3.8) is 0 Å². The fourth-order valence-electron chi connectivity index (χ4n) is 1.32. The molecule has 1 aromatic heterocycles. The molecule has 0 aliphatic carbocycles. The van der Waals surface area contributed by atoms with Gasteiger partial charge < -0.3 is 9.26 Å². The van der Waals surface area contributed by atoms with Crippen LogP contribution in [0.5, 0.6) is 0 Å². The molecule has 0 saturated carbocycles. The largest absolute Gasteiger partial charge is 0.372 e. The monoisotopic (exact) mass is 167 g/mol. The van der Waals surface area contributed by atoms with Crippen molar-refractivity contribution in [2.45, 2.75) is 18.9 Å². The predicted octanol–water partition coefficient (Wildman–Crippen LogP) is 1.34. The van der Waals surface area contributed by atoms with E-state index >= 15 is 0 Å². The number of aldehydes is 1. The molecule has 0 amide bonds. The molecule has 0 radical (unpaired) electrons. The summed E-state index contributed by atoms with van der Waals surface area (Å²) in [6.45, 7) is 0.772. The van der Waals surface area contributed by atoms with Crippen molar-refractivity contribution in [3.05, 3.63) is 17.5 Å². The summed E-state index contributed by atoms with van der Waals surface area (Å²) >= 11 is 0. The van der Waals surface area contributed by atoms with Crippen LogP contribution >= 0.6 is 0 Å². The molecule has 0 N–H and O–H groups in total. The van der Waals surface area contributed by atoms with Crippen molar-refractivity contribution in [2.75, 3.05) is 6.61 Å². The Labute approximate surface area is 69.5 Å². The summed E-state index contributed by atoms with van der Waals surface area (Å²) in [4.78, 5) is 10.3. The summed E-state index contributed by atoms with van der Waals surface area (Å²) in [6, 6.07) is 1.63. The van der Waals surface area contributed by atoms with Crippen molar-refractivity contribution in [1.82, 2.24) is 5.16 Å². The van der Waals surface area contributed by atoms with Gasteiger partial charge in [0.2, 0.25) is 0 Å². The molecule has 1 atom stereocenters. The summed E-state index contributed by atoms with van der Waals surface area (Å²) in [6.07, 6.45) is 2.69. The van der Waals surface area contributed by atoms with Crippen molar-refractivity contribution >= 4 is 6.29 Å². The summed E-state index contributed by atoms with van der Waals surface area (Å²) in [5.74, 6) is 0.264. The van der Waals surface area contributed by atoms with Crippen molar-refractivity contribution < 1.29 is 14.1 Å². The zero-order chi connectivity index (χ0) is 8.39. The van der Waals surface area contributed by atoms with Crippen LogP contribution in [-0.2, 0) is 4.74 Å². The van der Waals surface area contributed by atoms with E-state index in [1.54, 1.807) is 6.07 Å². The van der Waals surface area contributed by atoms with Crippen molar-refractivity contribution in [3.8, 4) is 0 Å². The van der Waals surface area contributed by atoms with E-state index < -0.39 is 0 Å². The quantitative estimate of drug-likeness (QED) is 0.623. The standard InChI is InChI=1S/C8H9NO3/c10-5-6-4-7(9-12-6)8-2-1-3-11-8/h4-5,8H,1-3H2. The van der Waals surface area contributed by atoms with E-state index in [9.17, 15) is 4.79 Å². The number of aromatic nitrogens is 1. The first-order chi connectivity index (χ1) is 5.90. The average Bonchev–Trinajstić information content (AvgIpc) is 2.75. The lowest BCUT2D eigenvalue weighted by Gasteiger charge is -2.01. The van der Waals surface area contributed by atoms with E-state index in [1.807, 2.05) is 0 Å². The van der Waals surface area contributed by atoms with Crippen LogP contribution in [0.25, 0.3) is 0 Å². The molecule has 64 valence electrons. The molecule has 0 spiro atoms. The highest BCUT2D eigenvalue weighted by atomic mass is 16.5. The van der Waals surface area contributed by atoms with Gasteiger partial charge in [-0.05, 0) is 12.8 Å². The maximum absolute atomic E-state index is 10.3. The normalized spacial score (nSPS) is 22.8. The topological polar surface area (TPSA) is 52.3 Å². The predicted molar refractivity (Wildman–Crippen MR) is 39.8 cm³/mol. The Kier molecular flexibility index (Phi) is 1.91. The molecule has 4 nitrogen and oxygen atoms in total. The molecular formula is C8H9NO3. The van der Waals surface area contributed by atoms with Crippen LogP contribution in [-0.4, -0.2) is 18.0 Å². The van der Waals surface area contributed by atoms with Gasteiger partial charge in [0, 0.05) is 12.7 Å². The highest BCUT2D eigenvalue weighted by molar-refractivity contribution is 5.70. The lowest BCUT2D eigenvalue weighted by Crippen LogP contribution is -1.94. The van der Waals surface area contributed by atoms with E-state index in [-0.39, 0.29) is 11.9 Å². The number of carbonyl (C=O) groups excluding carboxylic acids is 1. The summed E-state index contributed by atoms with van der Waals surface area (Å²) in [5, 5.41) is 3.74. The molecule has 0 bridgehead atoms. The minimum absolute atomic E-state index is 0.0300. The van der Waals surface area contributed by atoms with E-state index in [0.29, 0.717) is 6.29 Å². The maximum Gasteiger partial charge on any atom is 0.199 e. The number of ether oxygens (including phenoxy) is 1. The zero-order valence-electron chi connectivity index (χ0n) is 6.53. The Morgan fingerprint density at radius 2 is 2.58 bits per heavy atom. The van der Waals surface area contributed by atoms with Crippen LogP contribution in [0.2, 0.25) is 0 Å². The summed E-state index contributed by atoms with van der Waals surface area (Å²) in [5.41, 5.74) is 0.731. The molecule has 0 aromatic carbocycles. The minimum atomic E-state index is 0.0300. The fourth-order valence-corrected chi connectivity index (χ4v) is 1.32. The Morgan fingerprint density at radius 3 is 3.17 bits per heavy atom. The molecule has 1 fully saturated rings. The second-order valence-electron chi connectivity index (χ2n) is 2.77. The average molecular weight is 167 g/mol. The zero-order valence-corrected chi connectivity index (χ0v) is 6.53. The van der Waals surface area contributed by atoms with Gasteiger partial charge in [-0.1, -0.05) is 5.16 Å². The van der Waals surface area contributed by atoms with E-state index in [4.69, 9.17) is 9.26 Å². The van der Waals surface area contributed by atoms with Gasteiger partial charge in [0.05, 0.1) is 0 Å².